The number of hydrogen-bond acceptors (Lipinski definition) is 4. The standard InChI is InChI=1S/C26H27N3O3/c1-26(24-11-6-14-28(24)21-8-3-2-7-19(21)17-31-26)18-27-15-12-20(13-16-27)29-22-9-4-5-10-23(22)32-25(29)30/h2-11,14,20H,12-13,15-18H2,1H3. The van der Waals surface area contributed by atoms with Crippen LogP contribution in [0.15, 0.2) is 76.1 Å². The molecule has 1 unspecified atom stereocenters. The van der Waals surface area contributed by atoms with Gasteiger partial charge in [0.2, 0.25) is 0 Å². The average molecular weight is 430 g/mol. The van der Waals surface area contributed by atoms with Crippen molar-refractivity contribution in [3.05, 3.63) is 88.7 Å². The second-order valence-corrected chi connectivity index (χ2v) is 9.12. The quantitative estimate of drug-likeness (QED) is 0.482. The second kappa shape index (κ2) is 7.50. The van der Waals surface area contributed by atoms with Crippen molar-refractivity contribution >= 4 is 11.1 Å². The van der Waals surface area contributed by atoms with Gasteiger partial charge in [-0.05, 0) is 50.1 Å². The number of nitrogens with zero attached hydrogens (tertiary/aromatic N) is 3. The third kappa shape index (κ3) is 3.14. The van der Waals surface area contributed by atoms with Crippen molar-refractivity contribution in [1.82, 2.24) is 14.0 Å². The van der Waals surface area contributed by atoms with Gasteiger partial charge in [-0.3, -0.25) is 9.47 Å². The molecule has 1 saturated heterocycles. The predicted octanol–water partition coefficient (Wildman–Crippen LogP) is 4.47. The van der Waals surface area contributed by atoms with Crippen LogP contribution in [0.5, 0.6) is 0 Å². The zero-order valence-corrected chi connectivity index (χ0v) is 18.2. The number of likely N-dealkylation sites (tertiary alicyclic amines) is 1. The molecule has 0 amide bonds. The zero-order chi connectivity index (χ0) is 21.7. The summed E-state index contributed by atoms with van der Waals surface area (Å²) < 4.78 is 16.1. The lowest BCUT2D eigenvalue weighted by Gasteiger charge is -2.38. The van der Waals surface area contributed by atoms with Crippen LogP contribution in [-0.2, 0) is 16.9 Å². The predicted molar refractivity (Wildman–Crippen MR) is 123 cm³/mol. The number of ether oxygens (including phenoxy) is 1. The molecule has 0 radical (unpaired) electrons. The van der Waals surface area contributed by atoms with E-state index in [9.17, 15) is 4.79 Å². The Bertz CT molecular complexity index is 1330. The molecule has 4 aromatic rings. The van der Waals surface area contributed by atoms with E-state index in [2.05, 4.69) is 59.0 Å². The number of fused-ring (bicyclic) bond motifs is 4. The molecule has 2 aliphatic heterocycles. The molecule has 0 aliphatic carbocycles. The third-order valence-corrected chi connectivity index (χ3v) is 7.05. The zero-order valence-electron chi connectivity index (χ0n) is 18.2. The highest BCUT2D eigenvalue weighted by Gasteiger charge is 2.37. The molecule has 0 spiro atoms. The minimum atomic E-state index is -0.408. The molecular weight excluding hydrogens is 402 g/mol. The minimum Gasteiger partial charge on any atom is -0.408 e. The van der Waals surface area contributed by atoms with E-state index in [-0.39, 0.29) is 11.8 Å². The average Bonchev–Trinajstić information content (AvgIpc) is 3.41. The van der Waals surface area contributed by atoms with Gasteiger partial charge in [0.15, 0.2) is 5.58 Å². The molecule has 164 valence electrons. The van der Waals surface area contributed by atoms with Gasteiger partial charge >= 0.3 is 5.76 Å². The summed E-state index contributed by atoms with van der Waals surface area (Å²) in [4.78, 5) is 15.0. The lowest BCUT2D eigenvalue weighted by molar-refractivity contribution is -0.0735. The highest BCUT2D eigenvalue weighted by atomic mass is 16.5. The van der Waals surface area contributed by atoms with Crippen molar-refractivity contribution in [2.24, 2.45) is 0 Å². The van der Waals surface area contributed by atoms with Gasteiger partial charge in [0.05, 0.1) is 23.5 Å². The number of piperidine rings is 1. The van der Waals surface area contributed by atoms with E-state index >= 15 is 0 Å². The molecule has 32 heavy (non-hydrogen) atoms. The molecule has 1 atom stereocenters. The summed E-state index contributed by atoms with van der Waals surface area (Å²) in [5.74, 6) is -0.251. The summed E-state index contributed by atoms with van der Waals surface area (Å²) in [7, 11) is 0. The molecule has 6 nitrogen and oxygen atoms in total. The number of oxazole rings is 1. The molecule has 2 aliphatic rings. The van der Waals surface area contributed by atoms with Crippen LogP contribution < -0.4 is 5.76 Å². The summed E-state index contributed by atoms with van der Waals surface area (Å²) in [5.41, 5.74) is 4.74. The van der Waals surface area contributed by atoms with Crippen molar-refractivity contribution in [2.75, 3.05) is 19.6 Å². The van der Waals surface area contributed by atoms with Gasteiger partial charge in [0, 0.05) is 37.4 Å². The first-order valence-corrected chi connectivity index (χ1v) is 11.3. The normalized spacial score (nSPS) is 21.9. The van der Waals surface area contributed by atoms with Crippen LogP contribution in [0.4, 0.5) is 0 Å². The highest BCUT2D eigenvalue weighted by Crippen LogP contribution is 2.36. The van der Waals surface area contributed by atoms with E-state index in [4.69, 9.17) is 9.15 Å². The van der Waals surface area contributed by atoms with E-state index in [0.717, 1.165) is 38.0 Å². The summed E-state index contributed by atoms with van der Waals surface area (Å²) in [5, 5.41) is 0. The van der Waals surface area contributed by atoms with Gasteiger partial charge in [0.1, 0.15) is 5.60 Å². The Morgan fingerprint density at radius 3 is 2.66 bits per heavy atom. The van der Waals surface area contributed by atoms with Crippen molar-refractivity contribution in [3.63, 3.8) is 0 Å². The Balaban J connectivity index is 1.22. The van der Waals surface area contributed by atoms with Gasteiger partial charge < -0.3 is 13.7 Å². The van der Waals surface area contributed by atoms with Gasteiger partial charge in [0.25, 0.3) is 0 Å². The van der Waals surface area contributed by atoms with Gasteiger partial charge in [-0.25, -0.2) is 4.79 Å². The molecule has 6 rings (SSSR count). The summed E-state index contributed by atoms with van der Waals surface area (Å²) in [6.07, 6.45) is 3.96. The Labute approximate surface area is 186 Å². The van der Waals surface area contributed by atoms with Crippen LogP contribution in [0.2, 0.25) is 0 Å². The molecule has 6 heteroatoms. The van der Waals surface area contributed by atoms with Gasteiger partial charge in [-0.1, -0.05) is 30.3 Å². The Morgan fingerprint density at radius 2 is 1.78 bits per heavy atom. The molecule has 2 aromatic heterocycles. The number of hydrogen-bond donors (Lipinski definition) is 0. The maximum absolute atomic E-state index is 12.5. The molecule has 0 saturated carbocycles. The first-order chi connectivity index (χ1) is 15.6. The SMILES string of the molecule is CC1(CN2CCC(n3c(=O)oc4ccccc43)CC2)OCc2ccccc2-n2cccc21. The van der Waals surface area contributed by atoms with Crippen LogP contribution in [0.3, 0.4) is 0 Å². The van der Waals surface area contributed by atoms with Crippen LogP contribution in [0.25, 0.3) is 16.8 Å². The molecule has 4 heterocycles. The molecule has 2 aromatic carbocycles. The fourth-order valence-corrected chi connectivity index (χ4v) is 5.42. The highest BCUT2D eigenvalue weighted by molar-refractivity contribution is 5.72. The number of aromatic nitrogens is 2. The fourth-order valence-electron chi connectivity index (χ4n) is 5.42. The first kappa shape index (κ1) is 19.6. The topological polar surface area (TPSA) is 52.5 Å². The Morgan fingerprint density at radius 1 is 1.00 bits per heavy atom. The fraction of sp³-hybridized carbons (Fsp3) is 0.346. The van der Waals surface area contributed by atoms with Crippen molar-refractivity contribution < 1.29 is 9.15 Å². The Hall–Kier alpha value is -3.09. The monoisotopic (exact) mass is 429 g/mol. The van der Waals surface area contributed by atoms with Gasteiger partial charge in [-0.15, -0.1) is 0 Å². The smallest absolute Gasteiger partial charge is 0.408 e. The first-order valence-electron chi connectivity index (χ1n) is 11.3. The summed E-state index contributed by atoms with van der Waals surface area (Å²) >= 11 is 0. The summed E-state index contributed by atoms with van der Waals surface area (Å²) in [6.45, 7) is 5.46. The maximum atomic E-state index is 12.5. The van der Waals surface area contributed by atoms with Crippen molar-refractivity contribution in [2.45, 2.75) is 38.0 Å². The van der Waals surface area contributed by atoms with E-state index in [0.29, 0.717) is 12.2 Å². The van der Waals surface area contributed by atoms with Gasteiger partial charge in [-0.2, -0.15) is 0 Å². The second-order valence-electron chi connectivity index (χ2n) is 9.12. The largest absolute Gasteiger partial charge is 0.420 e. The van der Waals surface area contributed by atoms with Crippen LogP contribution in [0.1, 0.15) is 37.1 Å². The van der Waals surface area contributed by atoms with E-state index in [1.807, 2.05) is 28.8 Å². The van der Waals surface area contributed by atoms with E-state index in [1.165, 1.54) is 16.9 Å². The van der Waals surface area contributed by atoms with Crippen molar-refractivity contribution in [1.29, 1.82) is 0 Å². The molecule has 0 N–H and O–H groups in total. The van der Waals surface area contributed by atoms with Crippen molar-refractivity contribution in [3.8, 4) is 5.69 Å². The molecule has 0 bridgehead atoms. The minimum absolute atomic E-state index is 0.165. The van der Waals surface area contributed by atoms with E-state index in [1.54, 1.807) is 0 Å². The lowest BCUT2D eigenvalue weighted by atomic mass is 9.98. The third-order valence-electron chi connectivity index (χ3n) is 7.05. The van der Waals surface area contributed by atoms with Crippen LogP contribution >= 0.6 is 0 Å². The molecule has 1 fully saturated rings. The number of para-hydroxylation sites is 3. The van der Waals surface area contributed by atoms with E-state index < -0.39 is 5.60 Å². The Kier molecular flexibility index (Phi) is 4.59. The summed E-state index contributed by atoms with van der Waals surface area (Å²) in [6, 6.07) is 20.6. The number of rotatable bonds is 3. The maximum Gasteiger partial charge on any atom is 0.420 e. The molecular formula is C26H27N3O3. The van der Waals surface area contributed by atoms with Crippen LogP contribution in [0, 0.1) is 0 Å². The van der Waals surface area contributed by atoms with Crippen LogP contribution in [-0.4, -0.2) is 33.7 Å². The number of benzene rings is 2. The lowest BCUT2D eigenvalue weighted by Crippen LogP contribution is -2.45.